The summed E-state index contributed by atoms with van der Waals surface area (Å²) in [7, 11) is 0. The Kier molecular flexibility index (Phi) is 5.63. The monoisotopic (exact) mass is 423 g/mol. The number of hydrogen-bond acceptors (Lipinski definition) is 5. The second-order valence-corrected chi connectivity index (χ2v) is 6.71. The molecule has 1 unspecified atom stereocenters. The van der Waals surface area contributed by atoms with Gasteiger partial charge in [-0.3, -0.25) is 10.4 Å². The van der Waals surface area contributed by atoms with Crippen molar-refractivity contribution in [2.75, 3.05) is 0 Å². The fourth-order valence-electron chi connectivity index (χ4n) is 2.77. The zero-order valence-electron chi connectivity index (χ0n) is 15.5. The fourth-order valence-corrected chi connectivity index (χ4v) is 2.92. The van der Waals surface area contributed by atoms with E-state index in [9.17, 15) is 13.2 Å². The van der Waals surface area contributed by atoms with Gasteiger partial charge >= 0.3 is 6.18 Å². The number of nitrogens with two attached hydrogens (primary N) is 1. The lowest BCUT2D eigenvalue weighted by atomic mass is 10.0. The fraction of sp³-hybridized carbons (Fsp3) is 0.211. The van der Waals surface area contributed by atoms with Crippen LogP contribution in [-0.4, -0.2) is 27.4 Å². The van der Waals surface area contributed by atoms with E-state index in [0.29, 0.717) is 22.4 Å². The van der Waals surface area contributed by atoms with Crippen LogP contribution in [0.15, 0.2) is 53.3 Å². The van der Waals surface area contributed by atoms with Crippen molar-refractivity contribution < 1.29 is 17.9 Å². The molecule has 1 aliphatic rings. The van der Waals surface area contributed by atoms with Gasteiger partial charge in [0.15, 0.2) is 0 Å². The van der Waals surface area contributed by atoms with Crippen LogP contribution in [-0.2, 0) is 6.18 Å². The molecule has 0 amide bonds. The van der Waals surface area contributed by atoms with Crippen molar-refractivity contribution in [1.29, 1.82) is 5.41 Å². The highest BCUT2D eigenvalue weighted by Gasteiger charge is 2.32. The highest BCUT2D eigenvalue weighted by Crippen LogP contribution is 2.38. The summed E-state index contributed by atoms with van der Waals surface area (Å²) in [5.74, 6) is -0.105. The van der Waals surface area contributed by atoms with E-state index in [4.69, 9.17) is 27.5 Å². The van der Waals surface area contributed by atoms with Crippen LogP contribution in [0.4, 0.5) is 13.2 Å². The van der Waals surface area contributed by atoms with Crippen molar-refractivity contribution in [2.24, 2.45) is 10.8 Å². The average molecular weight is 424 g/mol. The summed E-state index contributed by atoms with van der Waals surface area (Å²) in [5.41, 5.74) is 7.28. The number of nitrogens with one attached hydrogen (secondary N) is 1. The molecular formula is C19H17ClF3N5O. The maximum absolute atomic E-state index is 13.3. The molecule has 10 heteroatoms. The van der Waals surface area contributed by atoms with Gasteiger partial charge in [-0.25, -0.2) is 5.01 Å². The zero-order chi connectivity index (χ0) is 21.3. The van der Waals surface area contributed by atoms with Gasteiger partial charge in [-0.2, -0.15) is 13.2 Å². The molecule has 0 aliphatic carbocycles. The third-order valence-corrected chi connectivity index (χ3v) is 4.48. The van der Waals surface area contributed by atoms with E-state index in [1.54, 1.807) is 32.2 Å². The summed E-state index contributed by atoms with van der Waals surface area (Å²) in [4.78, 5) is 4.18. The Morgan fingerprint density at radius 3 is 2.59 bits per heavy atom. The van der Waals surface area contributed by atoms with E-state index in [2.05, 4.69) is 10.1 Å². The van der Waals surface area contributed by atoms with Gasteiger partial charge in [-0.1, -0.05) is 6.07 Å². The Balaban J connectivity index is 2.11. The average Bonchev–Trinajstić information content (AvgIpc) is 2.64. The third-order valence-electron chi connectivity index (χ3n) is 4.31. The largest absolute Gasteiger partial charge is 0.437 e. The van der Waals surface area contributed by atoms with Gasteiger partial charge in [0.05, 0.1) is 5.56 Å². The van der Waals surface area contributed by atoms with E-state index in [-0.39, 0.29) is 11.6 Å². The smallest absolute Gasteiger partial charge is 0.416 e. The number of hydrogen-bond donors (Lipinski definition) is 2. The maximum atomic E-state index is 13.3. The second kappa shape index (κ2) is 7.84. The summed E-state index contributed by atoms with van der Waals surface area (Å²) < 4.78 is 45.5. The lowest BCUT2D eigenvalue weighted by molar-refractivity contribution is -0.137. The highest BCUT2D eigenvalue weighted by molar-refractivity contribution is 6.63. The van der Waals surface area contributed by atoms with Crippen molar-refractivity contribution in [3.05, 3.63) is 59.4 Å². The standard InChI is InChI=1S/C19H17ClF3N5O/c1-10-8-16(27-28(17(10)24)18(20)25)29-15-9-12(19(21,22)23)5-6-14(15)13-4-3-7-26-11(13)2/h3-9,17,25H,24H2,1-2H3. The summed E-state index contributed by atoms with van der Waals surface area (Å²) in [6.07, 6.45) is -2.24. The second-order valence-electron chi connectivity index (χ2n) is 6.35. The van der Waals surface area contributed by atoms with Crippen LogP contribution in [0.3, 0.4) is 0 Å². The molecule has 3 N–H and O–H groups in total. The van der Waals surface area contributed by atoms with Crippen molar-refractivity contribution in [1.82, 2.24) is 9.99 Å². The van der Waals surface area contributed by atoms with Crippen LogP contribution in [0, 0.1) is 12.3 Å². The number of ether oxygens (including phenoxy) is 1. The van der Waals surface area contributed by atoms with Crippen molar-refractivity contribution >= 4 is 22.8 Å². The molecule has 1 aromatic carbocycles. The molecule has 3 rings (SSSR count). The predicted molar refractivity (Wildman–Crippen MR) is 105 cm³/mol. The molecule has 1 aromatic heterocycles. The molecule has 152 valence electrons. The number of benzene rings is 1. The molecule has 2 heterocycles. The molecule has 0 bridgehead atoms. The Morgan fingerprint density at radius 1 is 1.24 bits per heavy atom. The molecule has 6 nitrogen and oxygen atoms in total. The summed E-state index contributed by atoms with van der Waals surface area (Å²) in [6, 6.07) is 6.63. The van der Waals surface area contributed by atoms with E-state index >= 15 is 0 Å². The van der Waals surface area contributed by atoms with E-state index in [1.807, 2.05) is 0 Å². The Morgan fingerprint density at radius 2 is 1.97 bits per heavy atom. The Bertz CT molecular complexity index is 1020. The number of halogens is 4. The normalized spacial score (nSPS) is 16.9. The molecule has 0 saturated heterocycles. The first-order valence-electron chi connectivity index (χ1n) is 8.44. The maximum Gasteiger partial charge on any atom is 0.416 e. The quantitative estimate of drug-likeness (QED) is 0.423. The summed E-state index contributed by atoms with van der Waals surface area (Å²) in [5, 5.41) is 12.2. The van der Waals surface area contributed by atoms with Gasteiger partial charge in [0.25, 0.3) is 0 Å². The Labute approximate surface area is 169 Å². The van der Waals surface area contributed by atoms with Crippen LogP contribution in [0.5, 0.6) is 5.75 Å². The van der Waals surface area contributed by atoms with Gasteiger partial charge in [-0.15, -0.1) is 5.10 Å². The zero-order valence-corrected chi connectivity index (χ0v) is 16.2. The molecular weight excluding hydrogens is 407 g/mol. The number of hydrazone groups is 1. The number of pyridine rings is 1. The van der Waals surface area contributed by atoms with E-state index < -0.39 is 23.2 Å². The molecule has 1 atom stereocenters. The van der Waals surface area contributed by atoms with Crippen LogP contribution in [0.1, 0.15) is 18.2 Å². The lowest BCUT2D eigenvalue weighted by Crippen LogP contribution is -2.44. The van der Waals surface area contributed by atoms with Gasteiger partial charge < -0.3 is 10.5 Å². The molecule has 0 radical (unpaired) electrons. The third kappa shape index (κ3) is 4.41. The minimum atomic E-state index is -4.55. The van der Waals surface area contributed by atoms with Crippen molar-refractivity contribution in [2.45, 2.75) is 26.2 Å². The molecule has 29 heavy (non-hydrogen) atoms. The van der Waals surface area contributed by atoms with Gasteiger partial charge in [-0.05, 0) is 55.3 Å². The van der Waals surface area contributed by atoms with E-state index in [1.165, 1.54) is 12.1 Å². The minimum Gasteiger partial charge on any atom is -0.437 e. The highest BCUT2D eigenvalue weighted by atomic mass is 35.5. The van der Waals surface area contributed by atoms with Crippen LogP contribution >= 0.6 is 11.6 Å². The predicted octanol–water partition coefficient (Wildman–Crippen LogP) is 4.49. The van der Waals surface area contributed by atoms with Gasteiger partial charge in [0, 0.05) is 29.1 Å². The summed E-state index contributed by atoms with van der Waals surface area (Å²) >= 11 is 5.70. The number of aryl methyl sites for hydroxylation is 1. The van der Waals surface area contributed by atoms with Crippen molar-refractivity contribution in [3.63, 3.8) is 0 Å². The topological polar surface area (TPSA) is 87.6 Å². The number of aromatic nitrogens is 1. The number of rotatable bonds is 2. The first kappa shape index (κ1) is 20.8. The molecule has 2 aromatic rings. The van der Waals surface area contributed by atoms with Crippen LogP contribution in [0.25, 0.3) is 11.1 Å². The van der Waals surface area contributed by atoms with Gasteiger partial charge in [0.2, 0.25) is 11.2 Å². The van der Waals surface area contributed by atoms with Crippen LogP contribution < -0.4 is 10.5 Å². The first-order chi connectivity index (χ1) is 13.6. The SMILES string of the molecule is CC1=CC(Oc2cc(C(F)(F)F)ccc2-c2cccnc2C)=NN(C(=N)Cl)C1N. The molecule has 1 aliphatic heterocycles. The minimum absolute atomic E-state index is 0.0447. The molecule has 0 spiro atoms. The van der Waals surface area contributed by atoms with Crippen molar-refractivity contribution in [3.8, 4) is 16.9 Å². The summed E-state index contributed by atoms with van der Waals surface area (Å²) in [6.45, 7) is 3.42. The van der Waals surface area contributed by atoms with Gasteiger partial charge in [0.1, 0.15) is 11.9 Å². The van der Waals surface area contributed by atoms with Crippen LogP contribution in [0.2, 0.25) is 0 Å². The molecule has 0 saturated carbocycles. The first-order valence-corrected chi connectivity index (χ1v) is 8.82. The van der Waals surface area contributed by atoms with E-state index in [0.717, 1.165) is 17.1 Å². The number of amidine groups is 1. The number of nitrogens with zero attached hydrogens (tertiary/aromatic N) is 3. The number of alkyl halides is 3. The molecule has 0 fully saturated rings. The Hall–Kier alpha value is -2.91. The lowest BCUT2D eigenvalue weighted by Gasteiger charge is -2.28.